The Bertz CT molecular complexity index is 432. The quantitative estimate of drug-likeness (QED) is 0.732. The fourth-order valence-electron chi connectivity index (χ4n) is 1.61. The van der Waals surface area contributed by atoms with E-state index >= 15 is 0 Å². The van der Waals surface area contributed by atoms with Crippen molar-refractivity contribution in [2.45, 2.75) is 6.42 Å². The highest BCUT2D eigenvalue weighted by Crippen LogP contribution is 1.98. The third-order valence-electron chi connectivity index (χ3n) is 2.50. The number of hydrogen-bond acceptors (Lipinski definition) is 2. The Hall–Kier alpha value is -2.30. The second kappa shape index (κ2) is 7.92. The molecule has 1 aromatic rings. The Kier molecular flexibility index (Phi) is 6.15. The molecule has 0 saturated heterocycles. The van der Waals surface area contributed by atoms with Crippen molar-refractivity contribution in [2.75, 3.05) is 19.6 Å². The molecule has 0 aliphatic carbocycles. The number of carbonyl (C=O) groups excluding carboxylic acids is 1. The smallest absolute Gasteiger partial charge is 0.323 e. The third kappa shape index (κ3) is 5.72. The summed E-state index contributed by atoms with van der Waals surface area (Å²) < 4.78 is 0. The van der Waals surface area contributed by atoms with E-state index in [0.717, 1.165) is 5.56 Å². The zero-order chi connectivity index (χ0) is 14.1. The van der Waals surface area contributed by atoms with Crippen molar-refractivity contribution in [3.63, 3.8) is 0 Å². The van der Waals surface area contributed by atoms with Crippen LogP contribution in [0.25, 0.3) is 0 Å². The van der Waals surface area contributed by atoms with Crippen molar-refractivity contribution < 1.29 is 14.7 Å². The van der Waals surface area contributed by atoms with E-state index in [1.165, 1.54) is 11.0 Å². The first-order chi connectivity index (χ1) is 9.13. The summed E-state index contributed by atoms with van der Waals surface area (Å²) in [6.07, 6.45) is 2.21. The molecule has 0 aliphatic rings. The van der Waals surface area contributed by atoms with Gasteiger partial charge in [-0.2, -0.15) is 0 Å². The van der Waals surface area contributed by atoms with Crippen molar-refractivity contribution in [3.05, 3.63) is 48.6 Å². The number of benzene rings is 1. The number of carboxylic acids is 1. The number of carboxylic acid groups (broad SMARTS) is 1. The fourth-order valence-corrected chi connectivity index (χ4v) is 1.61. The molecule has 0 radical (unpaired) electrons. The lowest BCUT2D eigenvalue weighted by Gasteiger charge is -2.19. The topological polar surface area (TPSA) is 69.6 Å². The normalized spacial score (nSPS) is 9.68. The number of nitrogens with zero attached hydrogens (tertiary/aromatic N) is 1. The molecule has 19 heavy (non-hydrogen) atoms. The highest BCUT2D eigenvalue weighted by Gasteiger charge is 2.14. The minimum atomic E-state index is -1.04. The van der Waals surface area contributed by atoms with Crippen LogP contribution in [0.3, 0.4) is 0 Å². The van der Waals surface area contributed by atoms with E-state index in [4.69, 9.17) is 5.11 Å². The first-order valence-electron chi connectivity index (χ1n) is 6.03. The molecule has 2 amide bonds. The van der Waals surface area contributed by atoms with Crippen molar-refractivity contribution in [1.82, 2.24) is 10.2 Å². The maximum atomic E-state index is 11.8. The van der Waals surface area contributed by atoms with Gasteiger partial charge in [0, 0.05) is 13.1 Å². The molecule has 0 unspecified atom stereocenters. The Labute approximate surface area is 112 Å². The molecule has 0 fully saturated rings. The minimum absolute atomic E-state index is 0.212. The van der Waals surface area contributed by atoms with Crippen LogP contribution < -0.4 is 5.32 Å². The van der Waals surface area contributed by atoms with Crippen LogP contribution in [0.5, 0.6) is 0 Å². The van der Waals surface area contributed by atoms with E-state index in [1.54, 1.807) is 0 Å². The fraction of sp³-hybridized carbons (Fsp3) is 0.286. The number of hydrogen-bond donors (Lipinski definition) is 2. The molecule has 0 bridgehead atoms. The van der Waals surface area contributed by atoms with Gasteiger partial charge in [0.2, 0.25) is 0 Å². The number of rotatable bonds is 7. The van der Waals surface area contributed by atoms with Gasteiger partial charge in [0.05, 0.1) is 0 Å². The van der Waals surface area contributed by atoms with Gasteiger partial charge in [-0.15, -0.1) is 6.58 Å². The molecule has 2 N–H and O–H groups in total. The lowest BCUT2D eigenvalue weighted by atomic mass is 10.1. The SMILES string of the molecule is C=CCN(CC(=O)O)C(=O)NCCc1ccccc1. The molecule has 0 aliphatic heterocycles. The molecule has 1 rings (SSSR count). The Morgan fingerprint density at radius 1 is 1.32 bits per heavy atom. The average molecular weight is 262 g/mol. The predicted octanol–water partition coefficient (Wildman–Crippen LogP) is 1.51. The molecular weight excluding hydrogens is 244 g/mol. The molecule has 1 aromatic carbocycles. The zero-order valence-electron chi connectivity index (χ0n) is 10.7. The van der Waals surface area contributed by atoms with Crippen LogP contribution in [0.4, 0.5) is 4.79 Å². The van der Waals surface area contributed by atoms with E-state index < -0.39 is 12.0 Å². The maximum Gasteiger partial charge on any atom is 0.323 e. The minimum Gasteiger partial charge on any atom is -0.480 e. The van der Waals surface area contributed by atoms with Gasteiger partial charge in [-0.1, -0.05) is 36.4 Å². The summed E-state index contributed by atoms with van der Waals surface area (Å²) >= 11 is 0. The van der Waals surface area contributed by atoms with Gasteiger partial charge in [-0.05, 0) is 12.0 Å². The summed E-state index contributed by atoms with van der Waals surface area (Å²) in [7, 11) is 0. The molecule has 0 atom stereocenters. The van der Waals surface area contributed by atoms with Gasteiger partial charge >= 0.3 is 12.0 Å². The number of amides is 2. The second-order valence-electron chi connectivity index (χ2n) is 4.03. The van der Waals surface area contributed by atoms with Crippen LogP contribution in [-0.2, 0) is 11.2 Å². The van der Waals surface area contributed by atoms with Crippen molar-refractivity contribution in [2.24, 2.45) is 0 Å². The highest BCUT2D eigenvalue weighted by atomic mass is 16.4. The van der Waals surface area contributed by atoms with Gasteiger partial charge in [0.15, 0.2) is 0 Å². The Morgan fingerprint density at radius 2 is 2.00 bits per heavy atom. The van der Waals surface area contributed by atoms with Crippen LogP contribution in [0.15, 0.2) is 43.0 Å². The molecule has 5 nitrogen and oxygen atoms in total. The predicted molar refractivity (Wildman–Crippen MR) is 73.0 cm³/mol. The van der Waals surface area contributed by atoms with E-state index in [9.17, 15) is 9.59 Å². The van der Waals surface area contributed by atoms with Crippen LogP contribution in [0.2, 0.25) is 0 Å². The summed E-state index contributed by atoms with van der Waals surface area (Å²) in [5, 5.41) is 11.4. The van der Waals surface area contributed by atoms with Gasteiger partial charge < -0.3 is 15.3 Å². The number of carbonyl (C=O) groups is 2. The van der Waals surface area contributed by atoms with Gasteiger partial charge in [-0.3, -0.25) is 4.79 Å². The van der Waals surface area contributed by atoms with Crippen molar-refractivity contribution in [3.8, 4) is 0 Å². The first kappa shape index (κ1) is 14.8. The van der Waals surface area contributed by atoms with E-state index in [0.29, 0.717) is 13.0 Å². The molecule has 0 saturated carbocycles. The summed E-state index contributed by atoms with van der Waals surface area (Å²) in [4.78, 5) is 23.6. The lowest BCUT2D eigenvalue weighted by molar-refractivity contribution is -0.137. The van der Waals surface area contributed by atoms with E-state index in [1.807, 2.05) is 30.3 Å². The summed E-state index contributed by atoms with van der Waals surface area (Å²) in [6, 6.07) is 9.37. The van der Waals surface area contributed by atoms with Gasteiger partial charge in [-0.25, -0.2) is 4.79 Å². The number of nitrogens with one attached hydrogen (secondary N) is 1. The first-order valence-corrected chi connectivity index (χ1v) is 6.03. The molecule has 102 valence electrons. The molecular formula is C14H18N2O3. The van der Waals surface area contributed by atoms with Crippen molar-refractivity contribution in [1.29, 1.82) is 0 Å². The maximum absolute atomic E-state index is 11.8. The Balaban J connectivity index is 2.39. The molecule has 0 spiro atoms. The molecule has 0 heterocycles. The molecule has 5 heteroatoms. The van der Waals surface area contributed by atoms with Crippen molar-refractivity contribution >= 4 is 12.0 Å². The van der Waals surface area contributed by atoms with Crippen LogP contribution in [0, 0.1) is 0 Å². The van der Waals surface area contributed by atoms with Gasteiger partial charge in [0.25, 0.3) is 0 Å². The lowest BCUT2D eigenvalue weighted by Crippen LogP contribution is -2.43. The standard InChI is InChI=1S/C14H18N2O3/c1-2-10-16(11-13(17)18)14(19)15-9-8-12-6-4-3-5-7-12/h2-7H,1,8-11H2,(H,15,19)(H,17,18). The molecule has 0 aromatic heterocycles. The average Bonchev–Trinajstić information content (AvgIpc) is 2.39. The largest absolute Gasteiger partial charge is 0.480 e. The summed E-state index contributed by atoms with van der Waals surface area (Å²) in [5.41, 5.74) is 1.12. The van der Waals surface area contributed by atoms with Gasteiger partial charge in [0.1, 0.15) is 6.54 Å². The van der Waals surface area contributed by atoms with E-state index in [-0.39, 0.29) is 13.1 Å². The summed E-state index contributed by atoms with van der Waals surface area (Å²) in [6.45, 7) is 3.85. The van der Waals surface area contributed by atoms with E-state index in [2.05, 4.69) is 11.9 Å². The number of urea groups is 1. The third-order valence-corrected chi connectivity index (χ3v) is 2.50. The second-order valence-corrected chi connectivity index (χ2v) is 4.03. The van der Waals surface area contributed by atoms with Crippen LogP contribution in [-0.4, -0.2) is 41.6 Å². The Morgan fingerprint density at radius 3 is 2.58 bits per heavy atom. The summed E-state index contributed by atoms with van der Waals surface area (Å²) in [5.74, 6) is -1.04. The van der Waals surface area contributed by atoms with Crippen LogP contribution in [0.1, 0.15) is 5.56 Å². The highest BCUT2D eigenvalue weighted by molar-refractivity contribution is 5.80. The monoisotopic (exact) mass is 262 g/mol. The number of aliphatic carboxylic acids is 1. The van der Waals surface area contributed by atoms with Crippen LogP contribution >= 0.6 is 0 Å². The zero-order valence-corrected chi connectivity index (χ0v) is 10.7.